The molecular weight excluding hydrogens is 306 g/mol. The first-order valence-corrected chi connectivity index (χ1v) is 8.70. The van der Waals surface area contributed by atoms with Crippen molar-refractivity contribution in [3.63, 3.8) is 0 Å². The molecule has 0 spiro atoms. The summed E-state index contributed by atoms with van der Waals surface area (Å²) in [7, 11) is 0. The number of para-hydroxylation sites is 1. The SMILES string of the molecule is CCCCN1CCN(C(=O)Nc2ccccc2C(=O)OCC)CC1. The van der Waals surface area contributed by atoms with Crippen molar-refractivity contribution in [3.05, 3.63) is 29.8 Å². The summed E-state index contributed by atoms with van der Waals surface area (Å²) in [6.07, 6.45) is 2.38. The van der Waals surface area contributed by atoms with E-state index in [0.29, 0.717) is 30.9 Å². The minimum atomic E-state index is -0.419. The maximum absolute atomic E-state index is 12.5. The Kier molecular flexibility index (Phi) is 7.06. The molecular formula is C18H27N3O3. The largest absolute Gasteiger partial charge is 0.462 e. The molecule has 0 bridgehead atoms. The van der Waals surface area contributed by atoms with Crippen LogP contribution in [-0.2, 0) is 4.74 Å². The van der Waals surface area contributed by atoms with Gasteiger partial charge in [0, 0.05) is 26.2 Å². The molecule has 1 aliphatic heterocycles. The van der Waals surface area contributed by atoms with Gasteiger partial charge >= 0.3 is 12.0 Å². The van der Waals surface area contributed by atoms with Crippen molar-refractivity contribution in [2.45, 2.75) is 26.7 Å². The quantitative estimate of drug-likeness (QED) is 0.813. The molecule has 0 atom stereocenters. The molecule has 2 rings (SSSR count). The molecule has 0 unspecified atom stereocenters. The van der Waals surface area contributed by atoms with E-state index in [-0.39, 0.29) is 6.03 Å². The number of unbranched alkanes of at least 4 members (excludes halogenated alkanes) is 1. The average Bonchev–Trinajstić information content (AvgIpc) is 2.61. The Hall–Kier alpha value is -2.08. The third-order valence-corrected chi connectivity index (χ3v) is 4.15. The van der Waals surface area contributed by atoms with E-state index in [1.165, 1.54) is 12.8 Å². The molecule has 1 aliphatic rings. The van der Waals surface area contributed by atoms with E-state index in [0.717, 1.165) is 19.6 Å². The molecule has 6 heteroatoms. The molecule has 1 N–H and O–H groups in total. The number of urea groups is 1. The lowest BCUT2D eigenvalue weighted by Crippen LogP contribution is -2.50. The number of nitrogens with zero attached hydrogens (tertiary/aromatic N) is 2. The van der Waals surface area contributed by atoms with Crippen LogP contribution in [0.1, 0.15) is 37.0 Å². The number of ether oxygens (including phenoxy) is 1. The second-order valence-corrected chi connectivity index (χ2v) is 5.88. The van der Waals surface area contributed by atoms with Gasteiger partial charge in [0.15, 0.2) is 0 Å². The summed E-state index contributed by atoms with van der Waals surface area (Å²) in [4.78, 5) is 28.6. The van der Waals surface area contributed by atoms with Crippen molar-refractivity contribution >= 4 is 17.7 Å². The van der Waals surface area contributed by atoms with Crippen LogP contribution in [0.4, 0.5) is 10.5 Å². The second kappa shape index (κ2) is 9.27. The number of nitrogens with one attached hydrogen (secondary N) is 1. The number of hydrogen-bond acceptors (Lipinski definition) is 4. The Labute approximate surface area is 143 Å². The van der Waals surface area contributed by atoms with E-state index in [1.54, 1.807) is 36.1 Å². The summed E-state index contributed by atoms with van der Waals surface area (Å²) in [5, 5.41) is 2.85. The average molecular weight is 333 g/mol. The predicted molar refractivity (Wildman–Crippen MR) is 94.3 cm³/mol. The monoisotopic (exact) mass is 333 g/mol. The van der Waals surface area contributed by atoms with Gasteiger partial charge in [-0.2, -0.15) is 0 Å². The van der Waals surface area contributed by atoms with E-state index < -0.39 is 5.97 Å². The summed E-state index contributed by atoms with van der Waals surface area (Å²) in [5.41, 5.74) is 0.878. The maximum atomic E-state index is 12.5. The molecule has 1 aromatic carbocycles. The number of carbonyl (C=O) groups is 2. The van der Waals surface area contributed by atoms with Gasteiger partial charge in [-0.25, -0.2) is 9.59 Å². The number of amides is 2. The van der Waals surface area contributed by atoms with Crippen molar-refractivity contribution in [1.82, 2.24) is 9.80 Å². The van der Waals surface area contributed by atoms with Crippen LogP contribution in [-0.4, -0.2) is 61.1 Å². The zero-order valence-corrected chi connectivity index (χ0v) is 14.6. The fraction of sp³-hybridized carbons (Fsp3) is 0.556. The van der Waals surface area contributed by atoms with E-state index in [4.69, 9.17) is 4.74 Å². The lowest BCUT2D eigenvalue weighted by Gasteiger charge is -2.34. The molecule has 0 radical (unpaired) electrons. The van der Waals surface area contributed by atoms with Gasteiger partial charge in [-0.1, -0.05) is 25.5 Å². The predicted octanol–water partition coefficient (Wildman–Crippen LogP) is 2.81. The van der Waals surface area contributed by atoms with Crippen molar-refractivity contribution in [3.8, 4) is 0 Å². The molecule has 1 fully saturated rings. The Morgan fingerprint density at radius 2 is 1.83 bits per heavy atom. The number of anilines is 1. The van der Waals surface area contributed by atoms with Gasteiger partial charge in [0.2, 0.25) is 0 Å². The summed E-state index contributed by atoms with van der Waals surface area (Å²) in [6.45, 7) is 8.55. The van der Waals surface area contributed by atoms with Crippen LogP contribution in [0.3, 0.4) is 0 Å². The smallest absolute Gasteiger partial charge is 0.340 e. The van der Waals surface area contributed by atoms with Crippen LogP contribution in [0.25, 0.3) is 0 Å². The van der Waals surface area contributed by atoms with E-state index in [2.05, 4.69) is 17.1 Å². The minimum absolute atomic E-state index is 0.165. The van der Waals surface area contributed by atoms with Crippen molar-refractivity contribution in [2.24, 2.45) is 0 Å². The fourth-order valence-electron chi connectivity index (χ4n) is 2.73. The molecule has 1 heterocycles. The first kappa shape index (κ1) is 18.3. The van der Waals surface area contributed by atoms with Gasteiger partial charge in [-0.3, -0.25) is 4.90 Å². The van der Waals surface area contributed by atoms with Crippen LogP contribution in [0.5, 0.6) is 0 Å². The lowest BCUT2D eigenvalue weighted by molar-refractivity contribution is 0.0527. The minimum Gasteiger partial charge on any atom is -0.462 e. The Morgan fingerprint density at radius 3 is 2.50 bits per heavy atom. The zero-order valence-electron chi connectivity index (χ0n) is 14.6. The highest BCUT2D eigenvalue weighted by atomic mass is 16.5. The van der Waals surface area contributed by atoms with Crippen molar-refractivity contribution < 1.29 is 14.3 Å². The lowest BCUT2D eigenvalue weighted by atomic mass is 10.2. The van der Waals surface area contributed by atoms with Crippen molar-refractivity contribution in [1.29, 1.82) is 0 Å². The van der Waals surface area contributed by atoms with Gasteiger partial charge in [-0.15, -0.1) is 0 Å². The summed E-state index contributed by atoms with van der Waals surface area (Å²) in [5.74, 6) is -0.419. The standard InChI is InChI=1S/C18H27N3O3/c1-3-5-10-20-11-13-21(14-12-20)18(23)19-16-9-7-6-8-15(16)17(22)24-4-2/h6-9H,3-5,10-14H2,1-2H3,(H,19,23). The van der Waals surface area contributed by atoms with Gasteiger partial charge in [0.1, 0.15) is 0 Å². The van der Waals surface area contributed by atoms with Gasteiger partial charge in [0.25, 0.3) is 0 Å². The van der Waals surface area contributed by atoms with E-state index in [9.17, 15) is 9.59 Å². The summed E-state index contributed by atoms with van der Waals surface area (Å²) >= 11 is 0. The third kappa shape index (κ3) is 4.96. The summed E-state index contributed by atoms with van der Waals surface area (Å²) in [6, 6.07) is 6.77. The highest BCUT2D eigenvalue weighted by Gasteiger charge is 2.22. The number of esters is 1. The van der Waals surface area contributed by atoms with E-state index in [1.807, 2.05) is 0 Å². The fourth-order valence-corrected chi connectivity index (χ4v) is 2.73. The molecule has 2 amide bonds. The van der Waals surface area contributed by atoms with Crippen LogP contribution in [0.2, 0.25) is 0 Å². The number of benzene rings is 1. The van der Waals surface area contributed by atoms with Gasteiger partial charge < -0.3 is 15.0 Å². The molecule has 6 nitrogen and oxygen atoms in total. The Bertz CT molecular complexity index is 554. The molecule has 1 saturated heterocycles. The van der Waals surface area contributed by atoms with Gasteiger partial charge in [-0.05, 0) is 32.0 Å². The van der Waals surface area contributed by atoms with Crippen LogP contribution in [0, 0.1) is 0 Å². The molecule has 24 heavy (non-hydrogen) atoms. The second-order valence-electron chi connectivity index (χ2n) is 5.88. The number of carbonyl (C=O) groups excluding carboxylic acids is 2. The summed E-state index contributed by atoms with van der Waals surface area (Å²) < 4.78 is 5.04. The van der Waals surface area contributed by atoms with Crippen LogP contribution in [0.15, 0.2) is 24.3 Å². The van der Waals surface area contributed by atoms with Crippen LogP contribution < -0.4 is 5.32 Å². The highest BCUT2D eigenvalue weighted by Crippen LogP contribution is 2.17. The molecule has 1 aromatic rings. The molecule has 0 aliphatic carbocycles. The van der Waals surface area contributed by atoms with Gasteiger partial charge in [0.05, 0.1) is 17.9 Å². The number of piperazine rings is 1. The normalized spacial score (nSPS) is 15.2. The third-order valence-electron chi connectivity index (χ3n) is 4.15. The van der Waals surface area contributed by atoms with E-state index >= 15 is 0 Å². The molecule has 0 saturated carbocycles. The number of hydrogen-bond donors (Lipinski definition) is 1. The number of rotatable bonds is 6. The van der Waals surface area contributed by atoms with Crippen molar-refractivity contribution in [2.75, 3.05) is 44.6 Å². The first-order chi connectivity index (χ1) is 11.7. The Balaban J connectivity index is 1.92. The Morgan fingerprint density at radius 1 is 1.12 bits per heavy atom. The van der Waals surface area contributed by atoms with Crippen LogP contribution >= 0.6 is 0 Å². The maximum Gasteiger partial charge on any atom is 0.340 e. The highest BCUT2D eigenvalue weighted by molar-refractivity contribution is 6.00. The topological polar surface area (TPSA) is 61.9 Å². The zero-order chi connectivity index (χ0) is 17.4. The molecule has 132 valence electrons. The molecule has 0 aromatic heterocycles. The first-order valence-electron chi connectivity index (χ1n) is 8.70.